The molecule has 0 aliphatic carbocycles. The van der Waals surface area contributed by atoms with Crippen LogP contribution in [0.5, 0.6) is 0 Å². The van der Waals surface area contributed by atoms with Gasteiger partial charge in [-0.25, -0.2) is 4.98 Å². The first-order valence-electron chi connectivity index (χ1n) is 6.98. The smallest absolute Gasteiger partial charge is 0.225 e. The third-order valence-corrected chi connectivity index (χ3v) is 4.30. The number of hydrogen-bond donors (Lipinski definition) is 1. The molecule has 0 spiro atoms. The maximum atomic E-state index is 12.1. The fraction of sp³-hybridized carbons (Fsp3) is 0.188. The molecule has 6 heteroatoms. The number of para-hydroxylation sites is 1. The number of anilines is 1. The third kappa shape index (κ3) is 3.28. The molecule has 0 saturated carbocycles. The van der Waals surface area contributed by atoms with Crippen LogP contribution in [0.3, 0.4) is 0 Å². The number of aryl methyl sites for hydroxylation is 1. The van der Waals surface area contributed by atoms with E-state index in [1.165, 1.54) is 0 Å². The highest BCUT2D eigenvalue weighted by atomic mass is 32.2. The fourth-order valence-electron chi connectivity index (χ4n) is 2.14. The van der Waals surface area contributed by atoms with Gasteiger partial charge in [-0.05, 0) is 12.1 Å². The van der Waals surface area contributed by atoms with Gasteiger partial charge in [0, 0.05) is 43.2 Å². The quantitative estimate of drug-likeness (QED) is 0.736. The van der Waals surface area contributed by atoms with Crippen LogP contribution in [-0.4, -0.2) is 26.2 Å². The van der Waals surface area contributed by atoms with E-state index in [4.69, 9.17) is 0 Å². The van der Waals surface area contributed by atoms with Gasteiger partial charge < -0.3 is 9.88 Å². The van der Waals surface area contributed by atoms with Crippen molar-refractivity contribution in [1.82, 2.24) is 14.5 Å². The molecule has 0 unspecified atom stereocenters. The first-order chi connectivity index (χ1) is 10.7. The normalized spacial score (nSPS) is 10.8. The summed E-state index contributed by atoms with van der Waals surface area (Å²) in [6.45, 7) is 0. The molecule has 1 amide bonds. The lowest BCUT2D eigenvalue weighted by molar-refractivity contribution is -0.115. The molecule has 0 bridgehead atoms. The summed E-state index contributed by atoms with van der Waals surface area (Å²) < 4.78 is 1.94. The van der Waals surface area contributed by atoms with Crippen molar-refractivity contribution in [3.63, 3.8) is 0 Å². The number of carbonyl (C=O) groups excluding carboxylic acids is 1. The third-order valence-electron chi connectivity index (χ3n) is 3.24. The molecule has 22 heavy (non-hydrogen) atoms. The first-order valence-corrected chi connectivity index (χ1v) is 7.96. The van der Waals surface area contributed by atoms with Gasteiger partial charge in [0.1, 0.15) is 0 Å². The number of nitrogens with one attached hydrogen (secondary N) is 1. The fourth-order valence-corrected chi connectivity index (χ4v) is 3.01. The number of pyridine rings is 1. The number of aromatic nitrogens is 3. The lowest BCUT2D eigenvalue weighted by Crippen LogP contribution is -2.12. The standard InChI is InChI=1S/C16H16N4OS/c1-20-10-9-18-16(20)22-11-7-14(21)19-13-6-2-4-12-5-3-8-17-15(12)13/h2-6,8-10H,7,11H2,1H3,(H,19,21). The van der Waals surface area contributed by atoms with Crippen LogP contribution < -0.4 is 5.32 Å². The van der Waals surface area contributed by atoms with Gasteiger partial charge in [-0.1, -0.05) is 30.0 Å². The Morgan fingerprint density at radius 3 is 2.91 bits per heavy atom. The summed E-state index contributed by atoms with van der Waals surface area (Å²) in [6.07, 6.45) is 5.81. The Hall–Kier alpha value is -2.34. The van der Waals surface area contributed by atoms with Gasteiger partial charge in [-0.2, -0.15) is 0 Å². The Morgan fingerprint density at radius 1 is 1.23 bits per heavy atom. The Bertz CT molecular complexity index is 794. The van der Waals surface area contributed by atoms with Crippen LogP contribution in [0.15, 0.2) is 54.1 Å². The summed E-state index contributed by atoms with van der Waals surface area (Å²) >= 11 is 1.57. The minimum Gasteiger partial charge on any atom is -0.329 e. The number of imidazole rings is 1. The average molecular weight is 312 g/mol. The largest absolute Gasteiger partial charge is 0.329 e. The maximum absolute atomic E-state index is 12.1. The molecular weight excluding hydrogens is 296 g/mol. The topological polar surface area (TPSA) is 59.8 Å². The Kier molecular flexibility index (Phi) is 4.39. The minimum atomic E-state index is -0.0140. The van der Waals surface area contributed by atoms with Crippen molar-refractivity contribution in [1.29, 1.82) is 0 Å². The summed E-state index contributed by atoms with van der Waals surface area (Å²) in [5.74, 6) is 0.675. The highest BCUT2D eigenvalue weighted by Crippen LogP contribution is 2.21. The van der Waals surface area contributed by atoms with Crippen molar-refractivity contribution < 1.29 is 4.79 Å². The molecule has 0 aliphatic rings. The molecule has 3 rings (SSSR count). The van der Waals surface area contributed by atoms with Gasteiger partial charge in [-0.3, -0.25) is 9.78 Å². The van der Waals surface area contributed by atoms with Crippen LogP contribution in [0.2, 0.25) is 0 Å². The molecule has 0 aliphatic heterocycles. The zero-order chi connectivity index (χ0) is 15.4. The van der Waals surface area contributed by atoms with Crippen LogP contribution >= 0.6 is 11.8 Å². The first kappa shape index (κ1) is 14.6. The second kappa shape index (κ2) is 6.62. The molecule has 0 atom stereocenters. The van der Waals surface area contributed by atoms with Crippen molar-refractivity contribution in [3.05, 3.63) is 48.9 Å². The predicted molar refractivity (Wildman–Crippen MR) is 88.9 cm³/mol. The maximum Gasteiger partial charge on any atom is 0.225 e. The van der Waals surface area contributed by atoms with Crippen molar-refractivity contribution in [2.45, 2.75) is 11.6 Å². The summed E-state index contributed by atoms with van der Waals surface area (Å²) in [6, 6.07) is 9.64. The van der Waals surface area contributed by atoms with E-state index >= 15 is 0 Å². The lowest BCUT2D eigenvalue weighted by atomic mass is 10.2. The van der Waals surface area contributed by atoms with E-state index < -0.39 is 0 Å². The number of thioether (sulfide) groups is 1. The van der Waals surface area contributed by atoms with E-state index in [0.717, 1.165) is 21.7 Å². The summed E-state index contributed by atoms with van der Waals surface area (Å²) in [4.78, 5) is 20.6. The molecule has 0 radical (unpaired) electrons. The second-order valence-electron chi connectivity index (χ2n) is 4.85. The molecular formula is C16H16N4OS. The Labute approximate surface area is 132 Å². The molecule has 1 aromatic carbocycles. The van der Waals surface area contributed by atoms with Gasteiger partial charge in [0.15, 0.2) is 5.16 Å². The number of amides is 1. The second-order valence-corrected chi connectivity index (χ2v) is 5.91. The van der Waals surface area contributed by atoms with Crippen LogP contribution in [0, 0.1) is 0 Å². The number of benzene rings is 1. The van der Waals surface area contributed by atoms with Crippen LogP contribution in [0.25, 0.3) is 10.9 Å². The van der Waals surface area contributed by atoms with Gasteiger partial charge in [0.2, 0.25) is 5.91 Å². The van der Waals surface area contributed by atoms with Crippen molar-refractivity contribution in [2.24, 2.45) is 7.05 Å². The average Bonchev–Trinajstić information content (AvgIpc) is 2.93. The number of carbonyl (C=O) groups is 1. The summed E-state index contributed by atoms with van der Waals surface area (Å²) in [7, 11) is 1.94. The predicted octanol–water partition coefficient (Wildman–Crippen LogP) is 3.09. The monoisotopic (exact) mass is 312 g/mol. The van der Waals surface area contributed by atoms with E-state index in [2.05, 4.69) is 15.3 Å². The van der Waals surface area contributed by atoms with Crippen LogP contribution in [0.4, 0.5) is 5.69 Å². The van der Waals surface area contributed by atoms with Crippen molar-refractivity contribution >= 4 is 34.3 Å². The minimum absolute atomic E-state index is 0.0140. The van der Waals surface area contributed by atoms with Crippen LogP contribution in [0.1, 0.15) is 6.42 Å². The van der Waals surface area contributed by atoms with Gasteiger partial charge in [0.25, 0.3) is 0 Å². The zero-order valence-corrected chi connectivity index (χ0v) is 13.0. The molecule has 3 aromatic rings. The molecule has 2 aromatic heterocycles. The zero-order valence-electron chi connectivity index (χ0n) is 12.2. The lowest BCUT2D eigenvalue weighted by Gasteiger charge is -2.07. The summed E-state index contributed by atoms with van der Waals surface area (Å²) in [5, 5.41) is 4.87. The van der Waals surface area contributed by atoms with Gasteiger partial charge >= 0.3 is 0 Å². The van der Waals surface area contributed by atoms with E-state index in [0.29, 0.717) is 12.2 Å². The van der Waals surface area contributed by atoms with E-state index in [9.17, 15) is 4.79 Å². The number of hydrogen-bond acceptors (Lipinski definition) is 4. The molecule has 112 valence electrons. The molecule has 0 fully saturated rings. The Balaban J connectivity index is 1.60. The van der Waals surface area contributed by atoms with E-state index in [-0.39, 0.29) is 5.91 Å². The number of fused-ring (bicyclic) bond motifs is 1. The number of nitrogens with zero attached hydrogens (tertiary/aromatic N) is 3. The van der Waals surface area contributed by atoms with Crippen LogP contribution in [-0.2, 0) is 11.8 Å². The molecule has 2 heterocycles. The van der Waals surface area contributed by atoms with Gasteiger partial charge in [0.05, 0.1) is 11.2 Å². The summed E-state index contributed by atoms with van der Waals surface area (Å²) in [5.41, 5.74) is 1.57. The number of rotatable bonds is 5. The van der Waals surface area contributed by atoms with Crippen molar-refractivity contribution in [2.75, 3.05) is 11.1 Å². The SMILES string of the molecule is Cn1ccnc1SCCC(=O)Nc1cccc2cccnc12. The molecule has 5 nitrogen and oxygen atoms in total. The Morgan fingerprint density at radius 2 is 2.09 bits per heavy atom. The highest BCUT2D eigenvalue weighted by molar-refractivity contribution is 7.99. The van der Waals surface area contributed by atoms with E-state index in [1.54, 1.807) is 24.2 Å². The molecule has 0 saturated heterocycles. The molecule has 1 N–H and O–H groups in total. The van der Waals surface area contributed by atoms with E-state index in [1.807, 2.05) is 48.1 Å². The van der Waals surface area contributed by atoms with Gasteiger partial charge in [-0.15, -0.1) is 0 Å². The van der Waals surface area contributed by atoms with Crippen molar-refractivity contribution in [3.8, 4) is 0 Å². The highest BCUT2D eigenvalue weighted by Gasteiger charge is 2.07.